The number of aromatic nitrogens is 1. The first-order valence-corrected chi connectivity index (χ1v) is 5.73. The molecular weight excluding hydrogens is 202 g/mol. The molecule has 2 rings (SSSR count). The fourth-order valence-electron chi connectivity index (χ4n) is 2.05. The number of β-amino-alcohol motifs (C(OH)–C–C–N with tert-alkyl or cyclic N) is 1. The molecule has 1 aromatic rings. The number of pyridine rings is 1. The van der Waals surface area contributed by atoms with Crippen molar-refractivity contribution in [2.45, 2.75) is 26.4 Å². The van der Waals surface area contributed by atoms with Crippen molar-refractivity contribution in [3.8, 4) is 0 Å². The molecule has 3 N–H and O–H groups in total. The van der Waals surface area contributed by atoms with Gasteiger partial charge < -0.3 is 15.7 Å². The summed E-state index contributed by atoms with van der Waals surface area (Å²) in [6.45, 7) is 5.60. The van der Waals surface area contributed by atoms with Crippen LogP contribution in [-0.2, 0) is 0 Å². The normalized spacial score (nSPS) is 25.8. The van der Waals surface area contributed by atoms with Crippen LogP contribution in [0.3, 0.4) is 0 Å². The number of hydrogen-bond acceptors (Lipinski definition) is 4. The van der Waals surface area contributed by atoms with E-state index in [1.54, 1.807) is 6.20 Å². The fraction of sp³-hybridized carbons (Fsp3) is 0.583. The number of aliphatic hydroxyl groups is 1. The Hall–Kier alpha value is -1.29. The summed E-state index contributed by atoms with van der Waals surface area (Å²) in [6, 6.07) is 1.90. The minimum atomic E-state index is -0.282. The molecule has 16 heavy (non-hydrogen) atoms. The van der Waals surface area contributed by atoms with Crippen molar-refractivity contribution < 1.29 is 5.11 Å². The maximum atomic E-state index is 9.86. The van der Waals surface area contributed by atoms with Gasteiger partial charge in [-0.2, -0.15) is 0 Å². The second-order valence-corrected chi connectivity index (χ2v) is 4.64. The highest BCUT2D eigenvalue weighted by atomic mass is 16.3. The van der Waals surface area contributed by atoms with Crippen LogP contribution in [0, 0.1) is 12.8 Å². The van der Waals surface area contributed by atoms with Crippen LogP contribution in [0.25, 0.3) is 0 Å². The number of nitrogens with two attached hydrogens (primary N) is 1. The van der Waals surface area contributed by atoms with E-state index >= 15 is 0 Å². The molecular formula is C12H19N3O. The van der Waals surface area contributed by atoms with Gasteiger partial charge in [-0.1, -0.05) is 6.92 Å². The van der Waals surface area contributed by atoms with Gasteiger partial charge in [0.1, 0.15) is 0 Å². The highest BCUT2D eigenvalue weighted by molar-refractivity contribution is 5.66. The first-order chi connectivity index (χ1) is 7.59. The Bertz CT molecular complexity index is 381. The minimum Gasteiger partial charge on any atom is -0.396 e. The molecule has 4 nitrogen and oxygen atoms in total. The predicted molar refractivity (Wildman–Crippen MR) is 65.4 cm³/mol. The molecule has 2 unspecified atom stereocenters. The lowest BCUT2D eigenvalue weighted by atomic mass is 9.96. The zero-order valence-corrected chi connectivity index (χ0v) is 9.85. The first-order valence-electron chi connectivity index (χ1n) is 5.73. The SMILES string of the molecule is Cc1ccnc(N2CCC(C)C(O)C2)c1N. The van der Waals surface area contributed by atoms with Crippen molar-refractivity contribution in [2.75, 3.05) is 23.7 Å². The van der Waals surface area contributed by atoms with Gasteiger partial charge >= 0.3 is 0 Å². The second kappa shape index (κ2) is 4.29. The van der Waals surface area contributed by atoms with Crippen molar-refractivity contribution in [3.63, 3.8) is 0 Å². The van der Waals surface area contributed by atoms with Gasteiger partial charge in [0.15, 0.2) is 5.82 Å². The third-order valence-electron chi connectivity index (χ3n) is 3.41. The fourth-order valence-corrected chi connectivity index (χ4v) is 2.05. The summed E-state index contributed by atoms with van der Waals surface area (Å²) in [7, 11) is 0. The molecule has 0 amide bonds. The van der Waals surface area contributed by atoms with E-state index in [1.807, 2.05) is 13.0 Å². The average Bonchev–Trinajstić information content (AvgIpc) is 2.26. The number of piperidine rings is 1. The standard InChI is InChI=1S/C12H19N3O/c1-8-4-6-15(7-10(8)16)12-11(13)9(2)3-5-14-12/h3,5,8,10,16H,4,6-7,13H2,1-2H3. The van der Waals surface area contributed by atoms with Gasteiger partial charge in [0.05, 0.1) is 11.8 Å². The van der Waals surface area contributed by atoms with E-state index in [0.717, 1.165) is 30.0 Å². The Balaban J connectivity index is 2.22. The molecule has 1 fully saturated rings. The molecule has 0 saturated carbocycles. The number of aliphatic hydroxyl groups excluding tert-OH is 1. The van der Waals surface area contributed by atoms with E-state index < -0.39 is 0 Å². The van der Waals surface area contributed by atoms with Crippen molar-refractivity contribution in [1.82, 2.24) is 4.98 Å². The van der Waals surface area contributed by atoms with Crippen molar-refractivity contribution in [2.24, 2.45) is 5.92 Å². The number of hydrogen-bond donors (Lipinski definition) is 2. The summed E-state index contributed by atoms with van der Waals surface area (Å²) in [4.78, 5) is 6.39. The monoisotopic (exact) mass is 221 g/mol. The summed E-state index contributed by atoms with van der Waals surface area (Å²) in [5.74, 6) is 1.17. The van der Waals surface area contributed by atoms with Crippen LogP contribution in [0.15, 0.2) is 12.3 Å². The Kier molecular flexibility index (Phi) is 3.01. The highest BCUT2D eigenvalue weighted by Gasteiger charge is 2.26. The number of nitrogen functional groups attached to an aromatic ring is 1. The van der Waals surface area contributed by atoms with E-state index in [0.29, 0.717) is 12.5 Å². The molecule has 1 aliphatic rings. The molecule has 0 spiro atoms. The molecule has 2 atom stereocenters. The predicted octanol–water partition coefficient (Wildman–Crippen LogP) is 1.18. The highest BCUT2D eigenvalue weighted by Crippen LogP contribution is 2.27. The molecule has 1 saturated heterocycles. The quantitative estimate of drug-likeness (QED) is 0.747. The van der Waals surface area contributed by atoms with Crippen LogP contribution in [-0.4, -0.2) is 29.3 Å². The third-order valence-corrected chi connectivity index (χ3v) is 3.41. The lowest BCUT2D eigenvalue weighted by Gasteiger charge is -2.35. The Labute approximate surface area is 96.1 Å². The van der Waals surface area contributed by atoms with E-state index in [2.05, 4.69) is 16.8 Å². The minimum absolute atomic E-state index is 0.282. The lowest BCUT2D eigenvalue weighted by Crippen LogP contribution is -2.43. The van der Waals surface area contributed by atoms with Crippen molar-refractivity contribution in [3.05, 3.63) is 17.8 Å². The number of aryl methyl sites for hydroxylation is 1. The second-order valence-electron chi connectivity index (χ2n) is 4.64. The molecule has 1 aliphatic heterocycles. The van der Waals surface area contributed by atoms with E-state index in [1.165, 1.54) is 0 Å². The van der Waals surface area contributed by atoms with Crippen LogP contribution in [0.2, 0.25) is 0 Å². The van der Waals surface area contributed by atoms with Crippen LogP contribution in [0.5, 0.6) is 0 Å². The van der Waals surface area contributed by atoms with Gasteiger partial charge in [-0.05, 0) is 30.9 Å². The molecule has 0 aliphatic carbocycles. The molecule has 4 heteroatoms. The maximum absolute atomic E-state index is 9.86. The zero-order chi connectivity index (χ0) is 11.7. The average molecular weight is 221 g/mol. The summed E-state index contributed by atoms with van der Waals surface area (Å²) >= 11 is 0. The number of rotatable bonds is 1. The van der Waals surface area contributed by atoms with Gasteiger partial charge in [-0.15, -0.1) is 0 Å². The summed E-state index contributed by atoms with van der Waals surface area (Å²) < 4.78 is 0. The molecule has 0 bridgehead atoms. The Morgan fingerprint density at radius 1 is 1.56 bits per heavy atom. The van der Waals surface area contributed by atoms with Crippen molar-refractivity contribution in [1.29, 1.82) is 0 Å². The first kappa shape index (κ1) is 11.2. The molecule has 1 aromatic heterocycles. The van der Waals surface area contributed by atoms with Crippen molar-refractivity contribution >= 4 is 11.5 Å². The van der Waals surface area contributed by atoms with Crippen LogP contribution in [0.4, 0.5) is 11.5 Å². The van der Waals surface area contributed by atoms with Gasteiger partial charge in [0.2, 0.25) is 0 Å². The van der Waals surface area contributed by atoms with Gasteiger partial charge in [0.25, 0.3) is 0 Å². The topological polar surface area (TPSA) is 62.4 Å². The summed E-state index contributed by atoms with van der Waals surface area (Å²) in [6.07, 6.45) is 2.47. The molecule has 0 radical (unpaired) electrons. The molecule has 2 heterocycles. The van der Waals surface area contributed by atoms with E-state index in [9.17, 15) is 5.11 Å². The zero-order valence-electron chi connectivity index (χ0n) is 9.85. The molecule has 0 aromatic carbocycles. The van der Waals surface area contributed by atoms with Crippen LogP contribution >= 0.6 is 0 Å². The van der Waals surface area contributed by atoms with Crippen LogP contribution < -0.4 is 10.6 Å². The van der Waals surface area contributed by atoms with Gasteiger partial charge in [-0.3, -0.25) is 0 Å². The lowest BCUT2D eigenvalue weighted by molar-refractivity contribution is 0.102. The van der Waals surface area contributed by atoms with E-state index in [-0.39, 0.29) is 6.10 Å². The Morgan fingerprint density at radius 3 is 3.00 bits per heavy atom. The van der Waals surface area contributed by atoms with E-state index in [4.69, 9.17) is 5.73 Å². The Morgan fingerprint density at radius 2 is 2.31 bits per heavy atom. The summed E-state index contributed by atoms with van der Waals surface area (Å²) in [5.41, 5.74) is 7.77. The van der Waals surface area contributed by atoms with Gasteiger partial charge in [0, 0.05) is 19.3 Å². The largest absolute Gasteiger partial charge is 0.396 e. The third kappa shape index (κ3) is 1.97. The molecule has 88 valence electrons. The maximum Gasteiger partial charge on any atom is 0.152 e. The van der Waals surface area contributed by atoms with Gasteiger partial charge in [-0.25, -0.2) is 4.98 Å². The number of nitrogens with zero attached hydrogens (tertiary/aromatic N) is 2. The number of anilines is 2. The smallest absolute Gasteiger partial charge is 0.152 e. The van der Waals surface area contributed by atoms with Crippen LogP contribution in [0.1, 0.15) is 18.9 Å². The summed E-state index contributed by atoms with van der Waals surface area (Å²) in [5, 5.41) is 9.86.